The van der Waals surface area contributed by atoms with Crippen molar-refractivity contribution in [2.24, 2.45) is 0 Å². The summed E-state index contributed by atoms with van der Waals surface area (Å²) in [6.07, 6.45) is 14.4. The zero-order chi connectivity index (χ0) is 65.9. The zero-order valence-corrected chi connectivity index (χ0v) is 55.1. The molecule has 15 nitrogen and oxygen atoms in total. The number of Topliss-reactive ketones (excluding diaryl/α,β-unsaturated/α-hetero) is 2. The molecule has 0 saturated carbocycles. The quantitative estimate of drug-likeness (QED) is 0.0319. The van der Waals surface area contributed by atoms with Gasteiger partial charge in [0.2, 0.25) is 11.6 Å². The van der Waals surface area contributed by atoms with Crippen LogP contribution in [0.4, 0.5) is 26.3 Å². The Morgan fingerprint density at radius 1 is 0.584 bits per heavy atom. The van der Waals surface area contributed by atoms with Crippen LogP contribution in [-0.4, -0.2) is 136 Å². The third-order valence-electron chi connectivity index (χ3n) is 13.9. The molecule has 2 aromatic heterocycles. The molecule has 3 aliphatic heterocycles. The summed E-state index contributed by atoms with van der Waals surface area (Å²) in [6.45, 7) is 7.34. The number of carboxylic acids is 2. The van der Waals surface area contributed by atoms with E-state index < -0.39 is 61.6 Å². The second kappa shape index (κ2) is 36.3. The van der Waals surface area contributed by atoms with Crippen molar-refractivity contribution in [3.63, 3.8) is 0 Å². The molecule has 0 bridgehead atoms. The number of hydrogen-bond acceptors (Lipinski definition) is 13. The summed E-state index contributed by atoms with van der Waals surface area (Å²) in [5.41, 5.74) is 5.19. The maximum Gasteiger partial charge on any atom is 0.439 e. The number of rotatable bonds is 19. The van der Waals surface area contributed by atoms with Gasteiger partial charge in [0, 0.05) is 73.2 Å². The fourth-order valence-electron chi connectivity index (χ4n) is 8.31. The van der Waals surface area contributed by atoms with Gasteiger partial charge in [0.25, 0.3) is 10.0 Å². The predicted molar refractivity (Wildman–Crippen MR) is 328 cm³/mol. The summed E-state index contributed by atoms with van der Waals surface area (Å²) in [4.78, 5) is 50.9. The van der Waals surface area contributed by atoms with Crippen molar-refractivity contribution in [1.29, 1.82) is 0 Å². The molecular formula is C63H74F6IN4O11S4+. The minimum atomic E-state index is -6.99. The van der Waals surface area contributed by atoms with E-state index >= 15 is 0 Å². The first-order valence-electron chi connectivity index (χ1n) is 28.3. The molecule has 0 radical (unpaired) electrons. The van der Waals surface area contributed by atoms with Crippen LogP contribution in [-0.2, 0) is 53.8 Å². The fraction of sp³-hybridized carbons (Fsp3) is 0.397. The van der Waals surface area contributed by atoms with Gasteiger partial charge in [-0.3, -0.25) is 24.1 Å². The lowest BCUT2D eigenvalue weighted by molar-refractivity contribution is -0.597. The van der Waals surface area contributed by atoms with Crippen molar-refractivity contribution in [1.82, 2.24) is 19.6 Å². The molecule has 0 atom stereocenters. The maximum atomic E-state index is 13.5. The van der Waals surface area contributed by atoms with Gasteiger partial charge >= 0.3 is 47.8 Å². The minimum absolute atomic E-state index is 0.0478. The second-order valence-corrected chi connectivity index (χ2v) is 32.0. The number of carbonyl (C=O) groups excluding carboxylic acids is 4. The zero-order valence-electron chi connectivity index (χ0n) is 49.7. The number of aryl methyl sites for hydroxylation is 1. The lowest BCUT2D eigenvalue weighted by atomic mass is 9.82. The smallest absolute Gasteiger partial charge is 0.439 e. The Kier molecular flexibility index (Phi) is 30.9. The van der Waals surface area contributed by atoms with E-state index in [-0.39, 0.29) is 49.7 Å². The highest BCUT2D eigenvalue weighted by Gasteiger charge is 2.82. The lowest BCUT2D eigenvalue weighted by Gasteiger charge is -2.35. The van der Waals surface area contributed by atoms with Crippen LogP contribution in [0.2, 0.25) is 0 Å². The number of sulfonamides is 1. The summed E-state index contributed by atoms with van der Waals surface area (Å²) >= 11 is -0.0478. The molecular weight excluding hydrogens is 1360 g/mol. The molecule has 3 saturated heterocycles. The average molecular weight is 1430 g/mol. The molecule has 0 amide bonds. The highest BCUT2D eigenvalue weighted by atomic mass is 127. The Balaban J connectivity index is 0.000000235. The van der Waals surface area contributed by atoms with Gasteiger partial charge in [-0.05, 0) is 113 Å². The van der Waals surface area contributed by atoms with Crippen molar-refractivity contribution < 1.29 is 98.3 Å². The number of carboxylic acid groups (broad SMARTS) is 2. The number of benzene rings is 4. The van der Waals surface area contributed by atoms with Crippen LogP contribution in [0.1, 0.15) is 119 Å². The van der Waals surface area contributed by atoms with Crippen LogP contribution in [0.5, 0.6) is 0 Å². The van der Waals surface area contributed by atoms with Crippen LogP contribution < -0.4 is 36.7 Å². The average Bonchev–Trinajstić information content (AvgIpc) is 0.953. The minimum Gasteiger partial charge on any atom is -0.545 e. The number of alkyl halides is 6. The van der Waals surface area contributed by atoms with E-state index in [4.69, 9.17) is 4.55 Å². The number of nitrogens with zero attached hydrogens (tertiary/aromatic N) is 3. The molecule has 4 aromatic carbocycles. The van der Waals surface area contributed by atoms with Gasteiger partial charge in [-0.15, -0.1) is 0 Å². The Morgan fingerprint density at radius 3 is 1.31 bits per heavy atom. The van der Waals surface area contributed by atoms with E-state index in [2.05, 4.69) is 91.5 Å². The van der Waals surface area contributed by atoms with Crippen molar-refractivity contribution >= 4 is 65.4 Å². The standard InChI is InChI=1S/C20H26I.2C12H15OS.C7H10F6N2O5S2.2C6H5NO2/c1-5-7-16-8-12-18(13-9-16)21-19-14-10-17(11-15-19)20(3,4)6-2;2*13-12(10-14-8-4-5-9-14)11-6-2-1-3-7-11;8-5(9,7(12,13)22(18,19)20)6(10,11)21(16,17)15-3-1-14-2-4-15;2*8-6(9)5-2-1-3-7-4-5/h8-15H,5-7H2,1-4H3;2*1-3,6-7H,4-5,8-10H2;14H,1-4H2,(H,18,19,20);2*1-4H,(H,8,9)/q3*+1;;;/p-2. The normalized spacial score (nSPS) is 14.9. The summed E-state index contributed by atoms with van der Waals surface area (Å²) in [7, 11) is -12.5. The second-order valence-electron chi connectivity index (χ2n) is 20.8. The van der Waals surface area contributed by atoms with Gasteiger partial charge in [-0.1, -0.05) is 131 Å². The lowest BCUT2D eigenvalue weighted by Crippen LogP contribution is -3.61. The Morgan fingerprint density at radius 2 is 0.978 bits per heavy atom. The Labute approximate surface area is 533 Å². The Bertz CT molecular complexity index is 3240. The number of hydrogen-bond donors (Lipinski definition) is 2. The van der Waals surface area contributed by atoms with Crippen molar-refractivity contribution in [2.45, 2.75) is 94.5 Å². The number of aromatic nitrogens is 2. The number of nitrogens with one attached hydrogen (secondary N) is 1. The van der Waals surface area contributed by atoms with Crippen molar-refractivity contribution in [3.8, 4) is 0 Å². The fourth-order valence-corrected chi connectivity index (χ4v) is 16.9. The van der Waals surface area contributed by atoms with Crippen LogP contribution in [0.15, 0.2) is 158 Å². The molecule has 6 aromatic rings. The van der Waals surface area contributed by atoms with Crippen LogP contribution in [0.25, 0.3) is 0 Å². The number of halogens is 7. The molecule has 26 heteroatoms. The molecule has 0 unspecified atom stereocenters. The summed E-state index contributed by atoms with van der Waals surface area (Å²) in [5, 5.41) is 9.44. The highest BCUT2D eigenvalue weighted by molar-refractivity contribution is 7.98. The van der Waals surface area contributed by atoms with E-state index in [9.17, 15) is 72.6 Å². The van der Waals surface area contributed by atoms with Gasteiger partial charge in [-0.25, -0.2) is 8.42 Å². The van der Waals surface area contributed by atoms with Gasteiger partial charge in [0.15, 0.2) is 18.6 Å². The third kappa shape index (κ3) is 23.5. The van der Waals surface area contributed by atoms with Crippen molar-refractivity contribution in [3.05, 3.63) is 199 Å². The maximum absolute atomic E-state index is 13.5. The van der Waals surface area contributed by atoms with Gasteiger partial charge in [0.05, 0.1) is 11.9 Å². The molecule has 3 fully saturated rings. The molecule has 3 aliphatic rings. The van der Waals surface area contributed by atoms with Crippen LogP contribution >= 0.6 is 0 Å². The first kappa shape index (κ1) is 75.7. The molecule has 484 valence electrons. The number of piperazine rings is 1. The van der Waals surface area contributed by atoms with E-state index in [1.807, 2.05) is 60.7 Å². The SMILES string of the molecule is CCCc1ccc([I+]c2ccc(C(C)(C)CC)cc2)cc1.O=C(C[S+]1CCCC1)c1ccccc1.O=C(C[S+]1CCCC1)c1ccccc1.O=C([O-])c1cccnc1.O=C([O-])c1cccnc1.O=S(=O)(O)C(F)(F)C(F)(F)C(F)(F)S(=O)(=O)N1CCNCC1. The van der Waals surface area contributed by atoms with Gasteiger partial charge < -0.3 is 25.1 Å². The van der Waals surface area contributed by atoms with E-state index in [0.29, 0.717) is 38.8 Å². The summed E-state index contributed by atoms with van der Waals surface area (Å²) in [5.74, 6) is -1.95. The number of aromatic carboxylic acids is 2. The van der Waals surface area contributed by atoms with Gasteiger partial charge in [-0.2, -0.15) is 39.1 Å². The first-order chi connectivity index (χ1) is 42.0. The largest absolute Gasteiger partial charge is 0.545 e. The van der Waals surface area contributed by atoms with Gasteiger partial charge in [0.1, 0.15) is 23.0 Å². The van der Waals surface area contributed by atoms with Crippen LogP contribution in [0.3, 0.4) is 0 Å². The van der Waals surface area contributed by atoms with E-state index in [0.717, 1.165) is 22.6 Å². The topological polar surface area (TPSA) is 244 Å². The Hall–Kier alpha value is -5.75. The summed E-state index contributed by atoms with van der Waals surface area (Å²) in [6, 6.07) is 43.8. The molecule has 0 spiro atoms. The molecule has 5 heterocycles. The molecule has 2 N–H and O–H groups in total. The predicted octanol–water partition coefficient (Wildman–Crippen LogP) is 5.84. The monoisotopic (exact) mass is 1430 g/mol. The van der Waals surface area contributed by atoms with E-state index in [1.54, 1.807) is 12.1 Å². The molecule has 9 rings (SSSR count). The van der Waals surface area contributed by atoms with E-state index in [1.165, 1.54) is 123 Å². The molecule has 89 heavy (non-hydrogen) atoms. The number of ketones is 2. The van der Waals surface area contributed by atoms with Crippen molar-refractivity contribution in [2.75, 3.05) is 60.7 Å². The highest BCUT2D eigenvalue weighted by Crippen LogP contribution is 2.51. The summed E-state index contributed by atoms with van der Waals surface area (Å²) < 4.78 is 134. The molecule has 0 aliphatic carbocycles. The number of carbonyl (C=O) groups is 4. The third-order valence-corrected chi connectivity index (χ3v) is 24.2. The first-order valence-corrected chi connectivity index (χ1v) is 36.8. The van der Waals surface area contributed by atoms with Crippen LogP contribution in [0, 0.1) is 7.14 Å². The number of pyridine rings is 2.